The van der Waals surface area contributed by atoms with Crippen LogP contribution in [0.4, 0.5) is 4.79 Å². The molecule has 0 fully saturated rings. The van der Waals surface area contributed by atoms with Gasteiger partial charge in [0.15, 0.2) is 0 Å². The monoisotopic (exact) mass is 1370 g/mol. The van der Waals surface area contributed by atoms with Gasteiger partial charge in [-0.2, -0.15) is 0 Å². The molecule has 2 aliphatic heterocycles. The highest BCUT2D eigenvalue weighted by Gasteiger charge is 2.37. The Morgan fingerprint density at radius 3 is 1.12 bits per heavy atom. The van der Waals surface area contributed by atoms with E-state index in [0.29, 0.717) is 68.3 Å². The number of rotatable bonds is 50. The summed E-state index contributed by atoms with van der Waals surface area (Å²) in [6.07, 6.45) is 30.2. The van der Waals surface area contributed by atoms with Crippen LogP contribution in [0.25, 0.3) is 0 Å². The molecule has 2 aromatic carbocycles. The smallest absolute Gasteiger partial charge is 0.487 e. The average Bonchev–Trinajstić information content (AvgIpc) is 0.769. The minimum atomic E-state index is -0.842. The third-order valence-corrected chi connectivity index (χ3v) is 21.8. The Labute approximate surface area is 596 Å². The van der Waals surface area contributed by atoms with Crippen LogP contribution in [0.2, 0.25) is 0 Å². The molecule has 98 heavy (non-hydrogen) atoms. The summed E-state index contributed by atoms with van der Waals surface area (Å²) < 4.78 is 47.9. The summed E-state index contributed by atoms with van der Waals surface area (Å²) in [6.45, 7) is 42.2. The first kappa shape index (κ1) is 85.6. The first-order valence-electron chi connectivity index (χ1n) is 39.4. The average molecular weight is 1370 g/mol. The van der Waals surface area contributed by atoms with Gasteiger partial charge >= 0.3 is 30.0 Å². The second-order valence-electron chi connectivity index (χ2n) is 31.9. The van der Waals surface area contributed by atoms with E-state index in [1.54, 1.807) is 0 Å². The Morgan fingerprint density at radius 1 is 0.408 bits per heavy atom. The molecule has 0 bridgehead atoms. The molecule has 0 amide bonds. The number of benzene rings is 2. The molecule has 6 atom stereocenters. The number of esters is 4. The van der Waals surface area contributed by atoms with Crippen LogP contribution < -0.4 is 18.9 Å². The Balaban J connectivity index is 1.17. The van der Waals surface area contributed by atoms with Crippen molar-refractivity contribution in [3.05, 3.63) is 44.5 Å². The lowest BCUT2D eigenvalue weighted by Gasteiger charge is -2.38. The van der Waals surface area contributed by atoms with Crippen molar-refractivity contribution < 1.29 is 61.9 Å². The molecule has 560 valence electrons. The molecular formula is C84H141NO13. The van der Waals surface area contributed by atoms with E-state index in [2.05, 4.69) is 102 Å². The summed E-state index contributed by atoms with van der Waals surface area (Å²) in [5.74, 6) is 5.67. The van der Waals surface area contributed by atoms with Crippen molar-refractivity contribution in [3.8, 4) is 23.0 Å². The standard InChI is InChI=1S/C84H141NO13/c1-19-85(20-2)54-33-55-91-82(90)94-58-71(56-92-74(86)44-23-21-25-46-76(88)95-78-65(11)67(13)80-72(69(78)15)48-52-83(17,97-80)50-31-42-63(9)40-29-38-61(7)36-27-34-59(3)4)57-93-75(87)45-24-22-26-47-77(89)96-79-66(12)68(14)81-73(70(79)16)49-53-84(18,98-81)51-32-43-64(10)41-30-39-62(8)37-28-35-60(5)6/h59-64,71H,19-58H2,1-18H3/t61-,62-,63-,64-,83-,84-/m0/s1. The Morgan fingerprint density at radius 2 is 0.755 bits per heavy atom. The van der Waals surface area contributed by atoms with Crippen molar-refractivity contribution in [2.45, 2.75) is 348 Å². The first-order chi connectivity index (χ1) is 46.6. The van der Waals surface area contributed by atoms with Crippen LogP contribution in [0.15, 0.2) is 0 Å². The van der Waals surface area contributed by atoms with Crippen molar-refractivity contribution in [2.24, 2.45) is 41.4 Å². The van der Waals surface area contributed by atoms with Gasteiger partial charge in [0.2, 0.25) is 0 Å². The van der Waals surface area contributed by atoms with Crippen LogP contribution >= 0.6 is 0 Å². The molecule has 0 unspecified atom stereocenters. The summed E-state index contributed by atoms with van der Waals surface area (Å²) in [6, 6.07) is 0. The zero-order valence-electron chi connectivity index (χ0n) is 65.6. The predicted molar refractivity (Wildman–Crippen MR) is 398 cm³/mol. The minimum absolute atomic E-state index is 0.127. The molecule has 0 aliphatic carbocycles. The van der Waals surface area contributed by atoms with Gasteiger partial charge in [0.05, 0.1) is 12.5 Å². The first-order valence-corrected chi connectivity index (χ1v) is 39.4. The van der Waals surface area contributed by atoms with Crippen molar-refractivity contribution in [1.82, 2.24) is 4.90 Å². The quantitative estimate of drug-likeness (QED) is 0.0266. The Kier molecular flexibility index (Phi) is 39.5. The fourth-order valence-electron chi connectivity index (χ4n) is 14.5. The van der Waals surface area contributed by atoms with E-state index < -0.39 is 24.0 Å². The van der Waals surface area contributed by atoms with E-state index in [0.717, 1.165) is 151 Å². The summed E-state index contributed by atoms with van der Waals surface area (Å²) in [5, 5.41) is 0. The number of hydrogen-bond acceptors (Lipinski definition) is 14. The van der Waals surface area contributed by atoms with Gasteiger partial charge in [-0.05, 0) is 221 Å². The largest absolute Gasteiger partial charge is 0.508 e. The normalized spacial score (nSPS) is 17.2. The number of hydrogen-bond donors (Lipinski definition) is 0. The molecule has 0 N–H and O–H groups in total. The van der Waals surface area contributed by atoms with Crippen molar-refractivity contribution in [2.75, 3.05) is 46.1 Å². The number of carbonyl (C=O) groups excluding carboxylic acids is 5. The van der Waals surface area contributed by atoms with E-state index in [4.69, 9.17) is 37.9 Å². The summed E-state index contributed by atoms with van der Waals surface area (Å²) >= 11 is 0. The Bertz CT molecular complexity index is 2550. The third kappa shape index (κ3) is 31.6. The van der Waals surface area contributed by atoms with E-state index in [9.17, 15) is 24.0 Å². The van der Waals surface area contributed by atoms with E-state index in [1.807, 2.05) is 27.7 Å². The number of ether oxygens (including phenoxy) is 8. The van der Waals surface area contributed by atoms with Crippen LogP contribution in [-0.2, 0) is 51.0 Å². The molecular weight excluding hydrogens is 1230 g/mol. The highest BCUT2D eigenvalue weighted by molar-refractivity contribution is 5.76. The van der Waals surface area contributed by atoms with E-state index >= 15 is 0 Å². The molecule has 0 radical (unpaired) electrons. The van der Waals surface area contributed by atoms with Crippen molar-refractivity contribution in [1.29, 1.82) is 0 Å². The molecule has 2 aromatic rings. The molecule has 0 aromatic heterocycles. The number of fused-ring (bicyclic) bond motifs is 2. The van der Waals surface area contributed by atoms with Gasteiger partial charge < -0.3 is 42.8 Å². The molecule has 14 nitrogen and oxygen atoms in total. The topological polar surface area (TPSA) is 162 Å². The minimum Gasteiger partial charge on any atom is -0.487 e. The lowest BCUT2D eigenvalue weighted by molar-refractivity contribution is -0.150. The maximum absolute atomic E-state index is 13.3. The molecule has 0 spiro atoms. The van der Waals surface area contributed by atoms with Gasteiger partial charge in [-0.3, -0.25) is 19.2 Å². The molecule has 2 aliphatic rings. The number of carbonyl (C=O) groups is 5. The molecule has 0 saturated carbocycles. The van der Waals surface area contributed by atoms with Gasteiger partial charge in [-0.15, -0.1) is 0 Å². The molecule has 14 heteroatoms. The second kappa shape index (κ2) is 45.2. The highest BCUT2D eigenvalue weighted by atomic mass is 16.7. The predicted octanol–water partition coefficient (Wildman–Crippen LogP) is 21.6. The zero-order valence-corrected chi connectivity index (χ0v) is 65.6. The van der Waals surface area contributed by atoms with Crippen LogP contribution in [0, 0.1) is 83.0 Å². The van der Waals surface area contributed by atoms with Gasteiger partial charge in [-0.1, -0.05) is 172 Å². The van der Waals surface area contributed by atoms with Crippen LogP contribution in [-0.4, -0.2) is 92.2 Å². The summed E-state index contributed by atoms with van der Waals surface area (Å²) in [4.78, 5) is 67.6. The third-order valence-electron chi connectivity index (χ3n) is 21.8. The lowest BCUT2D eigenvalue weighted by atomic mass is 9.83. The fraction of sp³-hybridized carbons (Fsp3) is 0.798. The zero-order chi connectivity index (χ0) is 72.4. The van der Waals surface area contributed by atoms with Crippen molar-refractivity contribution >= 4 is 30.0 Å². The molecule has 2 heterocycles. The number of unbranched alkanes of at least 4 members (excludes halogenated alkanes) is 4. The SMILES string of the molecule is CCN(CC)CCCOC(=O)OCC(COC(=O)CCCCCC(=O)Oc1c(C)c(C)c2c(c1C)CC[C@](C)(CCC[C@@H](C)CCC[C@@H](C)CCCC(C)C)O2)COC(=O)CCCCCC(=O)Oc1c(C)c(C)c2c(c1C)CC[C@](C)(CCC[C@@H](C)CCC[C@@H](C)CCCC(C)C)O2. The lowest BCUT2D eigenvalue weighted by Crippen LogP contribution is -2.37. The van der Waals surface area contributed by atoms with Gasteiger partial charge in [0.25, 0.3) is 0 Å². The van der Waals surface area contributed by atoms with Crippen LogP contribution in [0.3, 0.4) is 0 Å². The van der Waals surface area contributed by atoms with Gasteiger partial charge in [0, 0.05) is 43.4 Å². The van der Waals surface area contributed by atoms with E-state index in [1.165, 1.54) is 89.9 Å². The van der Waals surface area contributed by atoms with E-state index in [-0.39, 0.29) is 75.3 Å². The van der Waals surface area contributed by atoms with Gasteiger partial charge in [-0.25, -0.2) is 4.79 Å². The second-order valence-corrected chi connectivity index (χ2v) is 31.9. The summed E-state index contributed by atoms with van der Waals surface area (Å²) in [7, 11) is 0. The highest BCUT2D eigenvalue weighted by Crippen LogP contribution is 2.47. The number of nitrogens with zero attached hydrogens (tertiary/aromatic N) is 1. The molecule has 0 saturated heterocycles. The van der Waals surface area contributed by atoms with Crippen LogP contribution in [0.1, 0.15) is 327 Å². The fourth-order valence-corrected chi connectivity index (χ4v) is 14.5. The maximum Gasteiger partial charge on any atom is 0.508 e. The van der Waals surface area contributed by atoms with Crippen LogP contribution in [0.5, 0.6) is 23.0 Å². The van der Waals surface area contributed by atoms with Crippen molar-refractivity contribution in [3.63, 3.8) is 0 Å². The Hall–Kier alpha value is -4.85. The maximum atomic E-state index is 13.3. The molecule has 4 rings (SSSR count). The summed E-state index contributed by atoms with van der Waals surface area (Å²) in [5.41, 5.74) is 7.62. The van der Waals surface area contributed by atoms with Gasteiger partial charge in [0.1, 0.15) is 54.0 Å².